The summed E-state index contributed by atoms with van der Waals surface area (Å²) in [6.45, 7) is 1.80. The molecule has 0 bridgehead atoms. The molecule has 9 heteroatoms. The second-order valence-corrected chi connectivity index (χ2v) is 7.86. The Hall–Kier alpha value is -3.23. The van der Waals surface area contributed by atoms with Crippen LogP contribution < -0.4 is 15.6 Å². The molecule has 2 amide bonds. The average Bonchev–Trinajstić information content (AvgIpc) is 3.14. The van der Waals surface area contributed by atoms with E-state index in [-0.39, 0.29) is 12.1 Å². The van der Waals surface area contributed by atoms with E-state index in [1.54, 1.807) is 29.2 Å². The Labute approximate surface area is 178 Å². The van der Waals surface area contributed by atoms with Crippen LogP contribution in [-0.2, 0) is 17.0 Å². The molecular weight excluding hydrogens is 409 g/mol. The quantitative estimate of drug-likeness (QED) is 0.725. The number of ether oxygens (including phenoxy) is 1. The third-order valence-electron chi connectivity index (χ3n) is 5.51. The van der Waals surface area contributed by atoms with Crippen molar-refractivity contribution >= 4 is 17.6 Å². The number of para-hydroxylation sites is 1. The molecule has 1 saturated carbocycles. The van der Waals surface area contributed by atoms with Gasteiger partial charge in [-0.1, -0.05) is 42.5 Å². The molecule has 1 fully saturated rings. The van der Waals surface area contributed by atoms with Crippen LogP contribution in [0.5, 0.6) is 0 Å². The maximum absolute atomic E-state index is 12.9. The number of nitrogens with one attached hydrogen (secondary N) is 2. The molecule has 2 N–H and O–H groups in total. The summed E-state index contributed by atoms with van der Waals surface area (Å²) >= 11 is 0. The van der Waals surface area contributed by atoms with Crippen LogP contribution in [0, 0.1) is 0 Å². The highest BCUT2D eigenvalue weighted by molar-refractivity contribution is 5.92. The minimum absolute atomic E-state index is 0.170. The molecule has 1 aliphatic carbocycles. The number of anilines is 1. The Bertz CT molecular complexity index is 959. The van der Waals surface area contributed by atoms with Gasteiger partial charge in [-0.15, -0.1) is 5.10 Å². The molecule has 1 heterocycles. The van der Waals surface area contributed by atoms with Crippen molar-refractivity contribution < 1.29 is 22.7 Å². The first-order valence-corrected chi connectivity index (χ1v) is 10.1. The number of nitrogens with zero attached hydrogens (tertiary/aromatic N) is 2. The van der Waals surface area contributed by atoms with Gasteiger partial charge in [0.15, 0.2) is 0 Å². The van der Waals surface area contributed by atoms with Crippen molar-refractivity contribution in [3.05, 3.63) is 65.7 Å². The SMILES string of the molecule is CC1(c2ccc(CN(C(=O)NC3CCC3)c3ccccc3)cc2)NN=C(C(F)(F)F)O1. The van der Waals surface area contributed by atoms with Gasteiger partial charge in [0.05, 0.1) is 6.54 Å². The number of halogens is 3. The first-order chi connectivity index (χ1) is 14.7. The van der Waals surface area contributed by atoms with Crippen LogP contribution in [0.1, 0.15) is 37.3 Å². The number of carbonyl (C=O) groups excluding carboxylic acids is 1. The van der Waals surface area contributed by atoms with Gasteiger partial charge in [0, 0.05) is 24.2 Å². The van der Waals surface area contributed by atoms with Crippen LogP contribution in [0.25, 0.3) is 0 Å². The monoisotopic (exact) mass is 432 g/mol. The minimum atomic E-state index is -4.66. The fourth-order valence-corrected chi connectivity index (χ4v) is 3.45. The maximum Gasteiger partial charge on any atom is 0.470 e. The van der Waals surface area contributed by atoms with Crippen molar-refractivity contribution in [2.24, 2.45) is 5.10 Å². The van der Waals surface area contributed by atoms with Crippen molar-refractivity contribution in [1.82, 2.24) is 10.7 Å². The highest BCUT2D eigenvalue weighted by Crippen LogP contribution is 2.32. The van der Waals surface area contributed by atoms with Gasteiger partial charge in [-0.2, -0.15) is 13.2 Å². The predicted octanol–water partition coefficient (Wildman–Crippen LogP) is 4.62. The number of urea groups is 1. The molecular formula is C22H23F3N4O2. The van der Waals surface area contributed by atoms with Crippen molar-refractivity contribution in [3.8, 4) is 0 Å². The summed E-state index contributed by atoms with van der Waals surface area (Å²) in [6.07, 6.45) is -1.58. The van der Waals surface area contributed by atoms with E-state index >= 15 is 0 Å². The highest BCUT2D eigenvalue weighted by Gasteiger charge is 2.47. The maximum atomic E-state index is 12.9. The van der Waals surface area contributed by atoms with Crippen LogP contribution in [0.2, 0.25) is 0 Å². The van der Waals surface area contributed by atoms with Crippen molar-refractivity contribution in [2.45, 2.75) is 50.7 Å². The Morgan fingerprint density at radius 2 is 1.87 bits per heavy atom. The van der Waals surface area contributed by atoms with Crippen LogP contribution >= 0.6 is 0 Å². The lowest BCUT2D eigenvalue weighted by Crippen LogP contribution is -2.47. The van der Waals surface area contributed by atoms with Gasteiger partial charge in [0.25, 0.3) is 0 Å². The molecule has 164 valence electrons. The van der Waals surface area contributed by atoms with E-state index in [9.17, 15) is 18.0 Å². The Morgan fingerprint density at radius 3 is 2.42 bits per heavy atom. The molecule has 1 atom stereocenters. The molecule has 2 aromatic carbocycles. The average molecular weight is 432 g/mol. The number of hydrazone groups is 1. The highest BCUT2D eigenvalue weighted by atomic mass is 19.4. The zero-order valence-electron chi connectivity index (χ0n) is 16.9. The van der Waals surface area contributed by atoms with E-state index in [0.29, 0.717) is 12.1 Å². The second-order valence-electron chi connectivity index (χ2n) is 7.86. The molecule has 0 aromatic heterocycles. The zero-order chi connectivity index (χ0) is 22.1. The number of amides is 2. The smallest absolute Gasteiger partial charge is 0.441 e. The van der Waals surface area contributed by atoms with Crippen molar-refractivity contribution in [1.29, 1.82) is 0 Å². The number of carbonyl (C=O) groups is 1. The third kappa shape index (κ3) is 4.60. The van der Waals surface area contributed by atoms with E-state index in [1.807, 2.05) is 30.3 Å². The second kappa shape index (κ2) is 8.13. The fraction of sp³-hybridized carbons (Fsp3) is 0.364. The van der Waals surface area contributed by atoms with Gasteiger partial charge in [-0.25, -0.2) is 4.79 Å². The van der Waals surface area contributed by atoms with Crippen LogP contribution in [0.15, 0.2) is 59.7 Å². The molecule has 2 aliphatic rings. The summed E-state index contributed by atoms with van der Waals surface area (Å²) in [4.78, 5) is 14.5. The minimum Gasteiger partial charge on any atom is -0.441 e. The molecule has 1 aliphatic heterocycles. The molecule has 0 spiro atoms. The van der Waals surface area contributed by atoms with Gasteiger partial charge >= 0.3 is 18.1 Å². The summed E-state index contributed by atoms with van der Waals surface area (Å²) in [7, 11) is 0. The van der Waals surface area contributed by atoms with E-state index in [1.165, 1.54) is 6.92 Å². The molecule has 6 nitrogen and oxygen atoms in total. The molecule has 1 unspecified atom stereocenters. The predicted molar refractivity (Wildman–Crippen MR) is 110 cm³/mol. The lowest BCUT2D eigenvalue weighted by molar-refractivity contribution is -0.0888. The number of rotatable bonds is 5. The van der Waals surface area contributed by atoms with Gasteiger partial charge < -0.3 is 10.1 Å². The van der Waals surface area contributed by atoms with Crippen LogP contribution in [0.3, 0.4) is 0 Å². The van der Waals surface area contributed by atoms with E-state index in [4.69, 9.17) is 4.74 Å². The Balaban J connectivity index is 1.49. The Kier molecular flexibility index (Phi) is 5.51. The normalized spacial score (nSPS) is 20.8. The molecule has 4 rings (SSSR count). The first kappa shape index (κ1) is 21.0. The molecule has 31 heavy (non-hydrogen) atoms. The van der Waals surface area contributed by atoms with Crippen LogP contribution in [-0.4, -0.2) is 24.1 Å². The third-order valence-corrected chi connectivity index (χ3v) is 5.51. The van der Waals surface area contributed by atoms with Crippen molar-refractivity contribution in [3.63, 3.8) is 0 Å². The van der Waals surface area contributed by atoms with Gasteiger partial charge in [0.2, 0.25) is 5.72 Å². The summed E-state index contributed by atoms with van der Waals surface area (Å²) < 4.78 is 43.6. The topological polar surface area (TPSA) is 66.0 Å². The summed E-state index contributed by atoms with van der Waals surface area (Å²) in [5.41, 5.74) is 3.09. The molecule has 2 aromatic rings. The number of hydrogen-bond acceptors (Lipinski definition) is 4. The van der Waals surface area contributed by atoms with E-state index in [0.717, 1.165) is 30.5 Å². The zero-order valence-corrected chi connectivity index (χ0v) is 16.9. The number of benzene rings is 2. The largest absolute Gasteiger partial charge is 0.470 e. The first-order valence-electron chi connectivity index (χ1n) is 10.1. The number of hydrogen-bond donors (Lipinski definition) is 2. The summed E-state index contributed by atoms with van der Waals surface area (Å²) in [5.74, 6) is -1.30. The van der Waals surface area contributed by atoms with Gasteiger partial charge in [-0.3, -0.25) is 10.3 Å². The van der Waals surface area contributed by atoms with Gasteiger partial charge in [0.1, 0.15) is 0 Å². The summed E-state index contributed by atoms with van der Waals surface area (Å²) in [5, 5.41) is 6.32. The van der Waals surface area contributed by atoms with E-state index in [2.05, 4.69) is 15.8 Å². The fourth-order valence-electron chi connectivity index (χ4n) is 3.45. The summed E-state index contributed by atoms with van der Waals surface area (Å²) in [6, 6.07) is 16.2. The van der Waals surface area contributed by atoms with Crippen LogP contribution in [0.4, 0.5) is 23.7 Å². The van der Waals surface area contributed by atoms with Gasteiger partial charge in [-0.05, 0) is 37.0 Å². The standard InChI is InChI=1S/C22H23F3N4O2/c1-21(28-27-19(31-21)22(23,24)25)16-12-10-15(11-13-16)14-29(18-8-3-2-4-9-18)20(30)26-17-6-5-7-17/h2-4,8-13,17,28H,5-7,14H2,1H3,(H,26,30). The molecule has 0 saturated heterocycles. The lowest BCUT2D eigenvalue weighted by atomic mass is 9.93. The van der Waals surface area contributed by atoms with E-state index < -0.39 is 17.8 Å². The lowest BCUT2D eigenvalue weighted by Gasteiger charge is -2.31. The number of alkyl halides is 3. The van der Waals surface area contributed by atoms with Crippen molar-refractivity contribution in [2.75, 3.05) is 4.90 Å². The molecule has 0 radical (unpaired) electrons. The Morgan fingerprint density at radius 1 is 1.19 bits per heavy atom.